The molecule has 0 N–H and O–H groups in total. The number of rotatable bonds is 6. The number of anilines is 1. The Hall–Kier alpha value is -3.69. The van der Waals surface area contributed by atoms with Crippen LogP contribution in [0.5, 0.6) is 0 Å². The molecule has 168 valence electrons. The molecule has 0 aliphatic heterocycles. The topological polar surface area (TPSA) is 95.4 Å². The van der Waals surface area contributed by atoms with Gasteiger partial charge in [0.25, 0.3) is 0 Å². The molecule has 1 aliphatic rings. The van der Waals surface area contributed by atoms with Crippen molar-refractivity contribution < 1.29 is 30.8 Å². The van der Waals surface area contributed by atoms with Crippen molar-refractivity contribution in [1.29, 1.82) is 5.26 Å². The second-order valence-electron chi connectivity index (χ2n) is 6.77. The van der Waals surface area contributed by atoms with Crippen LogP contribution < -0.4 is 4.90 Å². The maximum absolute atomic E-state index is 13.2. The Bertz CT molecular complexity index is 1100. The number of nitrogens with zero attached hydrogens (tertiary/aromatic N) is 5. The summed E-state index contributed by atoms with van der Waals surface area (Å²) in [6.45, 7) is -2.21. The van der Waals surface area contributed by atoms with Gasteiger partial charge in [-0.05, 0) is 35.9 Å². The zero-order valence-electron chi connectivity index (χ0n) is 16.0. The quantitative estimate of drug-likeness (QED) is 0.436. The molecule has 1 aliphatic carbocycles. The summed E-state index contributed by atoms with van der Waals surface area (Å²) in [5.74, 6) is -0.608. The van der Waals surface area contributed by atoms with E-state index in [1.807, 2.05) is 0 Å². The zero-order chi connectivity index (χ0) is 23.5. The van der Waals surface area contributed by atoms with Crippen molar-refractivity contribution in [2.75, 3.05) is 11.4 Å². The molecule has 7 nitrogen and oxygen atoms in total. The molecule has 0 radical (unpaired) electrons. The Labute approximate surface area is 176 Å². The van der Waals surface area contributed by atoms with Crippen molar-refractivity contribution >= 4 is 5.69 Å². The molecule has 0 fully saturated rings. The standard InChI is InChI=1S/C19H13F6N5O2/c20-18(21,22)10-30(14-6-3-12(8-26)15(7-14)19(23,24)25)9-16-27-28-17(32-16)11-1-4-13(29-31)5-2-11/h1,3-7,11H,2,9-10H2. The Morgan fingerprint density at radius 1 is 1.22 bits per heavy atom. The zero-order valence-corrected chi connectivity index (χ0v) is 16.0. The van der Waals surface area contributed by atoms with E-state index in [9.17, 15) is 31.2 Å². The Morgan fingerprint density at radius 2 is 1.97 bits per heavy atom. The highest BCUT2D eigenvalue weighted by atomic mass is 19.4. The van der Waals surface area contributed by atoms with Gasteiger partial charge in [-0.1, -0.05) is 12.2 Å². The fourth-order valence-electron chi connectivity index (χ4n) is 3.02. The van der Waals surface area contributed by atoms with Gasteiger partial charge in [0.05, 0.1) is 29.7 Å². The molecule has 1 unspecified atom stereocenters. The largest absolute Gasteiger partial charge is 0.423 e. The first kappa shape index (κ1) is 23.0. The Balaban J connectivity index is 1.88. The van der Waals surface area contributed by atoms with Crippen LogP contribution in [0, 0.1) is 16.2 Å². The summed E-state index contributed by atoms with van der Waals surface area (Å²) in [4.78, 5) is 11.1. The predicted molar refractivity (Wildman–Crippen MR) is 97.9 cm³/mol. The Morgan fingerprint density at radius 3 is 2.53 bits per heavy atom. The lowest BCUT2D eigenvalue weighted by Gasteiger charge is -2.25. The highest BCUT2D eigenvalue weighted by molar-refractivity contribution is 5.55. The first-order valence-electron chi connectivity index (χ1n) is 8.97. The molecule has 2 aromatic rings. The van der Waals surface area contributed by atoms with E-state index in [1.54, 1.807) is 6.08 Å². The summed E-state index contributed by atoms with van der Waals surface area (Å²) >= 11 is 0. The first-order chi connectivity index (χ1) is 15.0. The van der Waals surface area contributed by atoms with E-state index in [4.69, 9.17) is 9.68 Å². The van der Waals surface area contributed by atoms with Crippen molar-refractivity contribution in [3.63, 3.8) is 0 Å². The van der Waals surface area contributed by atoms with Gasteiger partial charge < -0.3 is 9.32 Å². The third-order valence-corrected chi connectivity index (χ3v) is 4.48. The van der Waals surface area contributed by atoms with Gasteiger partial charge in [-0.2, -0.15) is 31.6 Å². The summed E-state index contributed by atoms with van der Waals surface area (Å²) in [5, 5.41) is 19.1. The van der Waals surface area contributed by atoms with Gasteiger partial charge in [-0.3, -0.25) is 0 Å². The Kier molecular flexibility index (Phi) is 6.33. The molecule has 1 aromatic carbocycles. The van der Waals surface area contributed by atoms with E-state index >= 15 is 0 Å². The van der Waals surface area contributed by atoms with Crippen LogP contribution in [0.1, 0.15) is 35.2 Å². The molecule has 0 bridgehead atoms. The summed E-state index contributed by atoms with van der Waals surface area (Å²) in [6.07, 6.45) is -4.86. The smallest absolute Gasteiger partial charge is 0.417 e. The molecule has 32 heavy (non-hydrogen) atoms. The van der Waals surface area contributed by atoms with Crippen molar-refractivity contribution in [1.82, 2.24) is 10.2 Å². The SMILES string of the molecule is N#Cc1ccc(N(Cc2nnc(C3C=CC(N=O)=CC3)o2)CC(F)(F)F)cc1C(F)(F)F. The first-order valence-corrected chi connectivity index (χ1v) is 8.97. The van der Waals surface area contributed by atoms with Gasteiger partial charge in [-0.25, -0.2) is 0 Å². The molecule has 0 saturated carbocycles. The maximum atomic E-state index is 13.2. The minimum Gasteiger partial charge on any atom is -0.423 e. The van der Waals surface area contributed by atoms with E-state index < -0.39 is 48.2 Å². The van der Waals surface area contributed by atoms with E-state index in [2.05, 4.69) is 15.4 Å². The van der Waals surface area contributed by atoms with Crippen molar-refractivity contribution in [3.05, 3.63) is 69.9 Å². The molecule has 0 amide bonds. The summed E-state index contributed by atoms with van der Waals surface area (Å²) in [7, 11) is 0. The number of allylic oxidation sites excluding steroid dienone is 3. The van der Waals surface area contributed by atoms with Crippen LogP contribution in [0.4, 0.5) is 32.0 Å². The average Bonchev–Trinajstić information content (AvgIpc) is 3.20. The molecule has 1 atom stereocenters. The molecule has 3 rings (SSSR count). The van der Waals surface area contributed by atoms with Crippen molar-refractivity contribution in [2.24, 2.45) is 5.18 Å². The molecule has 1 aromatic heterocycles. The number of halogens is 6. The lowest BCUT2D eigenvalue weighted by atomic mass is 10.00. The minimum absolute atomic E-state index is 0.0696. The van der Waals surface area contributed by atoms with Crippen molar-refractivity contribution in [3.8, 4) is 6.07 Å². The molecule has 0 saturated heterocycles. The number of aromatic nitrogens is 2. The molecular formula is C19H13F6N5O2. The second kappa shape index (κ2) is 8.81. The van der Waals surface area contributed by atoms with Crippen LogP contribution in [0.3, 0.4) is 0 Å². The van der Waals surface area contributed by atoms with Gasteiger partial charge in [0.15, 0.2) is 0 Å². The number of hydrogen-bond acceptors (Lipinski definition) is 7. The maximum Gasteiger partial charge on any atom is 0.417 e. The highest BCUT2D eigenvalue weighted by Gasteiger charge is 2.36. The van der Waals surface area contributed by atoms with Gasteiger partial charge >= 0.3 is 12.4 Å². The summed E-state index contributed by atoms with van der Waals surface area (Å²) < 4.78 is 84.4. The van der Waals surface area contributed by atoms with Crippen LogP contribution in [0.15, 0.2) is 51.7 Å². The average molecular weight is 457 g/mol. The van der Waals surface area contributed by atoms with Crippen LogP contribution in [0.25, 0.3) is 0 Å². The van der Waals surface area contributed by atoms with Crippen molar-refractivity contribution in [2.45, 2.75) is 31.2 Å². The third-order valence-electron chi connectivity index (χ3n) is 4.48. The number of benzene rings is 1. The third kappa shape index (κ3) is 5.51. The lowest BCUT2D eigenvalue weighted by Crippen LogP contribution is -2.34. The van der Waals surface area contributed by atoms with E-state index in [1.165, 1.54) is 18.2 Å². The normalized spacial score (nSPS) is 16.4. The molecule has 13 heteroatoms. The van der Waals surface area contributed by atoms with Gasteiger partial charge in [-0.15, -0.1) is 15.1 Å². The highest BCUT2D eigenvalue weighted by Crippen LogP contribution is 2.35. The summed E-state index contributed by atoms with van der Waals surface area (Å²) in [6, 6.07) is 3.64. The summed E-state index contributed by atoms with van der Waals surface area (Å²) in [5.41, 5.74) is -2.28. The predicted octanol–water partition coefficient (Wildman–Crippen LogP) is 5.22. The van der Waals surface area contributed by atoms with Crippen LogP contribution in [0.2, 0.25) is 0 Å². The number of hydrogen-bond donors (Lipinski definition) is 0. The number of nitroso groups, excluding NO2 is 1. The van der Waals surface area contributed by atoms with Crippen LogP contribution >= 0.6 is 0 Å². The van der Waals surface area contributed by atoms with Crippen LogP contribution in [-0.2, 0) is 12.7 Å². The number of alkyl halides is 6. The van der Waals surface area contributed by atoms with Gasteiger partial charge in [0, 0.05) is 5.69 Å². The second-order valence-corrected chi connectivity index (χ2v) is 6.77. The van der Waals surface area contributed by atoms with E-state index in [-0.39, 0.29) is 17.5 Å². The monoisotopic (exact) mass is 457 g/mol. The fraction of sp³-hybridized carbons (Fsp3) is 0.316. The van der Waals surface area contributed by atoms with Crippen LogP contribution in [-0.4, -0.2) is 22.9 Å². The van der Waals surface area contributed by atoms with E-state index in [0.717, 1.165) is 12.1 Å². The lowest BCUT2D eigenvalue weighted by molar-refractivity contribution is -0.137. The molecule has 1 heterocycles. The fourth-order valence-corrected chi connectivity index (χ4v) is 3.02. The molecule has 0 spiro atoms. The van der Waals surface area contributed by atoms with Gasteiger partial charge in [0.2, 0.25) is 11.8 Å². The minimum atomic E-state index is -4.93. The number of nitriles is 1. The molecular weight excluding hydrogens is 444 g/mol. The van der Waals surface area contributed by atoms with E-state index in [0.29, 0.717) is 17.4 Å². The van der Waals surface area contributed by atoms with Gasteiger partial charge in [0.1, 0.15) is 12.2 Å².